The minimum Gasteiger partial charge on any atom is -0.356 e. The lowest BCUT2D eigenvalue weighted by molar-refractivity contribution is 0.457. The summed E-state index contributed by atoms with van der Waals surface area (Å²) in [6.45, 7) is 0. The zero-order chi connectivity index (χ0) is 11.8. The lowest BCUT2D eigenvalue weighted by Crippen LogP contribution is -1.83. The van der Waals surface area contributed by atoms with Crippen molar-refractivity contribution in [2.24, 2.45) is 0 Å². The molecule has 1 heterocycles. The molecule has 0 radical (unpaired) electrons. The van der Waals surface area contributed by atoms with Crippen molar-refractivity contribution in [1.29, 1.82) is 0 Å². The molecule has 0 aliphatic carbocycles. The fraction of sp³-hybridized carbons (Fsp3) is 0. The van der Waals surface area contributed by atoms with Gasteiger partial charge in [0.1, 0.15) is 17.3 Å². The number of hydrogen-bond donors (Lipinski definition) is 0. The summed E-state index contributed by atoms with van der Waals surface area (Å²) in [5, 5.41) is 4.38. The highest BCUT2D eigenvalue weighted by atomic mass is 19.1. The van der Waals surface area contributed by atoms with Gasteiger partial charge in [0, 0.05) is 11.6 Å². The van der Waals surface area contributed by atoms with Gasteiger partial charge in [0.15, 0.2) is 5.58 Å². The Morgan fingerprint density at radius 3 is 2.65 bits per heavy atom. The Balaban J connectivity index is 2.29. The van der Waals surface area contributed by atoms with Crippen LogP contribution in [0.5, 0.6) is 0 Å². The average Bonchev–Trinajstić information content (AvgIpc) is 2.72. The molecule has 0 unspecified atom stereocenters. The molecule has 2 nitrogen and oxygen atoms in total. The van der Waals surface area contributed by atoms with Crippen molar-refractivity contribution in [3.8, 4) is 11.3 Å². The monoisotopic (exact) mass is 231 g/mol. The highest BCUT2D eigenvalue weighted by molar-refractivity contribution is 5.91. The third-order valence-corrected chi connectivity index (χ3v) is 2.56. The Labute approximate surface area is 95.5 Å². The fourth-order valence-corrected chi connectivity index (χ4v) is 1.76. The SMILES string of the molecule is Fc1ccc2c(-c3ccccc3F)noc2c1. The van der Waals surface area contributed by atoms with E-state index in [2.05, 4.69) is 5.16 Å². The van der Waals surface area contributed by atoms with E-state index in [1.165, 1.54) is 24.3 Å². The largest absolute Gasteiger partial charge is 0.356 e. The quantitative estimate of drug-likeness (QED) is 0.637. The molecular formula is C13H7F2NO. The Morgan fingerprint density at radius 1 is 1.00 bits per heavy atom. The predicted molar refractivity (Wildman–Crippen MR) is 59.4 cm³/mol. The Hall–Kier alpha value is -2.23. The van der Waals surface area contributed by atoms with E-state index in [0.717, 1.165) is 0 Å². The number of benzene rings is 2. The van der Waals surface area contributed by atoms with Gasteiger partial charge in [-0.3, -0.25) is 0 Å². The molecule has 0 saturated carbocycles. The minimum atomic E-state index is -0.409. The molecule has 3 aromatic rings. The molecule has 1 aromatic heterocycles. The molecule has 0 saturated heterocycles. The standard InChI is InChI=1S/C13H7F2NO/c14-8-5-6-10-12(7-8)17-16-13(10)9-3-1-2-4-11(9)15/h1-7H. The number of hydrogen-bond acceptors (Lipinski definition) is 2. The first-order valence-corrected chi connectivity index (χ1v) is 5.05. The van der Waals surface area contributed by atoms with Crippen LogP contribution in [0.4, 0.5) is 8.78 Å². The maximum Gasteiger partial charge on any atom is 0.170 e. The molecular weight excluding hydrogens is 224 g/mol. The number of rotatable bonds is 1. The van der Waals surface area contributed by atoms with Crippen molar-refractivity contribution in [3.05, 3.63) is 54.1 Å². The summed E-state index contributed by atoms with van der Waals surface area (Å²) in [6, 6.07) is 10.3. The van der Waals surface area contributed by atoms with Gasteiger partial charge in [-0.25, -0.2) is 8.78 Å². The van der Waals surface area contributed by atoms with Crippen LogP contribution in [0.3, 0.4) is 0 Å². The summed E-state index contributed by atoms with van der Waals surface area (Å²) in [5.41, 5.74) is 1.04. The van der Waals surface area contributed by atoms with E-state index < -0.39 is 5.82 Å². The molecule has 0 spiro atoms. The average molecular weight is 231 g/mol. The van der Waals surface area contributed by atoms with Crippen molar-refractivity contribution in [3.63, 3.8) is 0 Å². The van der Waals surface area contributed by atoms with E-state index in [4.69, 9.17) is 4.52 Å². The van der Waals surface area contributed by atoms with E-state index in [1.54, 1.807) is 18.2 Å². The van der Waals surface area contributed by atoms with E-state index >= 15 is 0 Å². The van der Waals surface area contributed by atoms with Crippen LogP contribution < -0.4 is 0 Å². The van der Waals surface area contributed by atoms with Gasteiger partial charge in [0.2, 0.25) is 0 Å². The molecule has 0 bridgehead atoms. The third kappa shape index (κ3) is 1.58. The maximum atomic E-state index is 13.6. The summed E-state index contributed by atoms with van der Waals surface area (Å²) in [5.74, 6) is -0.791. The lowest BCUT2D eigenvalue weighted by Gasteiger charge is -1.98. The summed E-state index contributed by atoms with van der Waals surface area (Å²) >= 11 is 0. The maximum absolute atomic E-state index is 13.6. The van der Waals surface area contributed by atoms with Gasteiger partial charge in [-0.05, 0) is 24.3 Å². The Morgan fingerprint density at radius 2 is 1.82 bits per heavy atom. The van der Waals surface area contributed by atoms with Crippen LogP contribution in [0.25, 0.3) is 22.2 Å². The molecule has 2 aromatic carbocycles. The van der Waals surface area contributed by atoms with E-state index in [9.17, 15) is 8.78 Å². The second-order valence-electron chi connectivity index (χ2n) is 3.65. The lowest BCUT2D eigenvalue weighted by atomic mass is 10.1. The molecule has 0 N–H and O–H groups in total. The van der Waals surface area contributed by atoms with Gasteiger partial charge >= 0.3 is 0 Å². The number of aromatic nitrogens is 1. The van der Waals surface area contributed by atoms with Crippen molar-refractivity contribution in [2.45, 2.75) is 0 Å². The summed E-state index contributed by atoms with van der Waals surface area (Å²) < 4.78 is 31.6. The van der Waals surface area contributed by atoms with Crippen molar-refractivity contribution < 1.29 is 13.3 Å². The summed E-state index contributed by atoms with van der Waals surface area (Å²) in [4.78, 5) is 0. The fourth-order valence-electron chi connectivity index (χ4n) is 1.76. The zero-order valence-electron chi connectivity index (χ0n) is 8.65. The van der Waals surface area contributed by atoms with Crippen molar-refractivity contribution in [1.82, 2.24) is 5.16 Å². The molecule has 0 fully saturated rings. The number of fused-ring (bicyclic) bond motifs is 1. The van der Waals surface area contributed by atoms with Gasteiger partial charge in [0.25, 0.3) is 0 Å². The van der Waals surface area contributed by atoms with Crippen LogP contribution in [-0.2, 0) is 0 Å². The van der Waals surface area contributed by atoms with E-state index in [-0.39, 0.29) is 5.82 Å². The van der Waals surface area contributed by atoms with Gasteiger partial charge in [-0.15, -0.1) is 0 Å². The summed E-state index contributed by atoms with van der Waals surface area (Å²) in [6.07, 6.45) is 0. The Bertz CT molecular complexity index is 691. The van der Waals surface area contributed by atoms with Crippen LogP contribution in [0.2, 0.25) is 0 Å². The number of nitrogens with zero attached hydrogens (tertiary/aromatic N) is 1. The van der Waals surface area contributed by atoms with Gasteiger partial charge < -0.3 is 4.52 Å². The van der Waals surface area contributed by atoms with Crippen LogP contribution in [0.15, 0.2) is 47.0 Å². The van der Waals surface area contributed by atoms with Gasteiger partial charge in [0.05, 0.1) is 5.39 Å². The third-order valence-electron chi connectivity index (χ3n) is 2.56. The second kappa shape index (κ2) is 3.66. The molecule has 17 heavy (non-hydrogen) atoms. The molecule has 0 atom stereocenters. The smallest absolute Gasteiger partial charge is 0.170 e. The first-order valence-electron chi connectivity index (χ1n) is 5.05. The van der Waals surface area contributed by atoms with Gasteiger partial charge in [-0.1, -0.05) is 17.3 Å². The Kier molecular flexibility index (Phi) is 2.14. The normalized spacial score (nSPS) is 10.9. The minimum absolute atomic E-state index is 0.309. The van der Waals surface area contributed by atoms with Crippen LogP contribution >= 0.6 is 0 Å². The molecule has 0 aliphatic rings. The predicted octanol–water partition coefficient (Wildman–Crippen LogP) is 3.77. The first kappa shape index (κ1) is 9.96. The number of halogens is 2. The topological polar surface area (TPSA) is 26.0 Å². The van der Waals surface area contributed by atoms with E-state index in [0.29, 0.717) is 22.2 Å². The highest BCUT2D eigenvalue weighted by Crippen LogP contribution is 2.29. The first-order chi connectivity index (χ1) is 8.25. The van der Waals surface area contributed by atoms with Crippen LogP contribution in [-0.4, -0.2) is 5.16 Å². The molecule has 0 amide bonds. The highest BCUT2D eigenvalue weighted by Gasteiger charge is 2.13. The van der Waals surface area contributed by atoms with Crippen molar-refractivity contribution in [2.75, 3.05) is 0 Å². The van der Waals surface area contributed by atoms with Crippen LogP contribution in [0.1, 0.15) is 0 Å². The molecule has 3 rings (SSSR count). The van der Waals surface area contributed by atoms with Crippen molar-refractivity contribution >= 4 is 11.0 Å². The van der Waals surface area contributed by atoms with E-state index in [1.807, 2.05) is 0 Å². The zero-order valence-corrected chi connectivity index (χ0v) is 8.65. The summed E-state index contributed by atoms with van der Waals surface area (Å²) in [7, 11) is 0. The van der Waals surface area contributed by atoms with Gasteiger partial charge in [-0.2, -0.15) is 0 Å². The van der Waals surface area contributed by atoms with Crippen LogP contribution in [0, 0.1) is 11.6 Å². The molecule has 4 heteroatoms. The molecule has 0 aliphatic heterocycles. The molecule has 84 valence electrons. The second-order valence-corrected chi connectivity index (χ2v) is 3.65.